The normalized spacial score (nSPS) is 12.4. The van der Waals surface area contributed by atoms with Crippen molar-refractivity contribution in [2.24, 2.45) is 0 Å². The van der Waals surface area contributed by atoms with Crippen molar-refractivity contribution in [3.63, 3.8) is 0 Å². The number of carboxylic acid groups (broad SMARTS) is 1. The first-order valence-corrected chi connectivity index (χ1v) is 6.24. The number of aliphatic carboxylic acids is 1. The van der Waals surface area contributed by atoms with Gasteiger partial charge in [0.1, 0.15) is 11.9 Å². The summed E-state index contributed by atoms with van der Waals surface area (Å²) in [5.41, 5.74) is 0.468. The molecule has 3 nitrogen and oxygen atoms in total. The van der Waals surface area contributed by atoms with E-state index in [0.717, 1.165) is 6.42 Å². The molecule has 1 aromatic carbocycles. The maximum Gasteiger partial charge on any atom is 0.320 e. The molecule has 1 aromatic rings. The van der Waals surface area contributed by atoms with Gasteiger partial charge in [0.25, 0.3) is 0 Å². The van der Waals surface area contributed by atoms with Crippen LogP contribution in [-0.2, 0) is 11.3 Å². The van der Waals surface area contributed by atoms with Crippen LogP contribution in [0, 0.1) is 5.82 Å². The van der Waals surface area contributed by atoms with Crippen LogP contribution in [-0.4, -0.2) is 17.1 Å². The van der Waals surface area contributed by atoms with Gasteiger partial charge in [-0.25, -0.2) is 4.39 Å². The molecule has 0 amide bonds. The van der Waals surface area contributed by atoms with Crippen LogP contribution in [0.25, 0.3) is 0 Å². The molecule has 0 saturated carbocycles. The van der Waals surface area contributed by atoms with Crippen molar-refractivity contribution < 1.29 is 14.3 Å². The quantitative estimate of drug-likeness (QED) is 0.849. The molecule has 2 N–H and O–H groups in total. The molecule has 0 aromatic heterocycles. The lowest BCUT2D eigenvalue weighted by Gasteiger charge is -2.13. The Morgan fingerprint density at radius 2 is 2.29 bits per heavy atom. The lowest BCUT2D eigenvalue weighted by atomic mass is 10.1. The number of carbonyl (C=O) groups is 1. The predicted octanol–water partition coefficient (Wildman–Crippen LogP) is 2.93. The molecule has 17 heavy (non-hydrogen) atoms. The summed E-state index contributed by atoms with van der Waals surface area (Å²) in [5.74, 6) is -1.24. The Kier molecular flexibility index (Phi) is 5.58. The summed E-state index contributed by atoms with van der Waals surface area (Å²) in [5, 5.41) is 11.8. The Balaban J connectivity index is 2.62. The summed E-state index contributed by atoms with van der Waals surface area (Å²) in [6.45, 7) is 2.13. The summed E-state index contributed by atoms with van der Waals surface area (Å²) >= 11 is 3.17. The third kappa shape index (κ3) is 4.44. The van der Waals surface area contributed by atoms with Gasteiger partial charge in [0.2, 0.25) is 0 Å². The van der Waals surface area contributed by atoms with E-state index in [-0.39, 0.29) is 12.4 Å². The number of rotatable bonds is 6. The van der Waals surface area contributed by atoms with E-state index in [1.165, 1.54) is 6.07 Å². The van der Waals surface area contributed by atoms with Crippen molar-refractivity contribution in [2.75, 3.05) is 0 Å². The van der Waals surface area contributed by atoms with E-state index in [0.29, 0.717) is 16.5 Å². The molecule has 1 unspecified atom stereocenters. The molecule has 0 aliphatic rings. The molecule has 0 saturated heterocycles. The molecule has 5 heteroatoms. The lowest BCUT2D eigenvalue weighted by molar-refractivity contribution is -0.139. The van der Waals surface area contributed by atoms with Crippen molar-refractivity contribution in [3.05, 3.63) is 34.1 Å². The maximum absolute atomic E-state index is 13.5. The first-order valence-electron chi connectivity index (χ1n) is 5.44. The van der Waals surface area contributed by atoms with Gasteiger partial charge in [-0.15, -0.1) is 0 Å². The molecular formula is C12H15BrFNO2. The topological polar surface area (TPSA) is 49.3 Å². The van der Waals surface area contributed by atoms with Gasteiger partial charge < -0.3 is 10.4 Å². The summed E-state index contributed by atoms with van der Waals surface area (Å²) in [4.78, 5) is 10.9. The average Bonchev–Trinajstić information content (AvgIpc) is 2.25. The molecular weight excluding hydrogens is 289 g/mol. The van der Waals surface area contributed by atoms with Gasteiger partial charge in [-0.1, -0.05) is 35.3 Å². The minimum absolute atomic E-state index is 0.218. The van der Waals surface area contributed by atoms with Crippen molar-refractivity contribution in [2.45, 2.75) is 32.4 Å². The molecule has 0 heterocycles. The lowest BCUT2D eigenvalue weighted by Crippen LogP contribution is -2.36. The first kappa shape index (κ1) is 14.1. The largest absolute Gasteiger partial charge is 0.480 e. The van der Waals surface area contributed by atoms with Gasteiger partial charge in [-0.3, -0.25) is 4.79 Å². The van der Waals surface area contributed by atoms with Gasteiger partial charge in [0, 0.05) is 16.6 Å². The summed E-state index contributed by atoms with van der Waals surface area (Å²) < 4.78 is 14.1. The average molecular weight is 304 g/mol. The van der Waals surface area contributed by atoms with E-state index in [4.69, 9.17) is 5.11 Å². The van der Waals surface area contributed by atoms with Crippen molar-refractivity contribution in [1.29, 1.82) is 0 Å². The third-order valence-corrected chi connectivity index (χ3v) is 2.92. The summed E-state index contributed by atoms with van der Waals surface area (Å²) in [6, 6.07) is 4.11. The van der Waals surface area contributed by atoms with Crippen LogP contribution in [0.15, 0.2) is 22.7 Å². The van der Waals surface area contributed by atoms with Crippen molar-refractivity contribution >= 4 is 21.9 Å². The van der Waals surface area contributed by atoms with Gasteiger partial charge in [0.05, 0.1) is 0 Å². The van der Waals surface area contributed by atoms with Crippen LogP contribution >= 0.6 is 15.9 Å². The van der Waals surface area contributed by atoms with Crippen LogP contribution in [0.3, 0.4) is 0 Å². The van der Waals surface area contributed by atoms with Crippen LogP contribution in [0.1, 0.15) is 25.3 Å². The van der Waals surface area contributed by atoms with Crippen LogP contribution < -0.4 is 5.32 Å². The zero-order chi connectivity index (χ0) is 12.8. The SMILES string of the molecule is CCCC(NCc1ccc(Br)cc1F)C(=O)O. The molecule has 0 bridgehead atoms. The first-order chi connectivity index (χ1) is 8.04. The van der Waals surface area contributed by atoms with Crippen molar-refractivity contribution in [3.8, 4) is 0 Å². The Morgan fingerprint density at radius 3 is 2.82 bits per heavy atom. The summed E-state index contributed by atoms with van der Waals surface area (Å²) in [7, 11) is 0. The van der Waals surface area contributed by atoms with Gasteiger partial charge in [0.15, 0.2) is 0 Å². The second-order valence-corrected chi connectivity index (χ2v) is 4.71. The molecule has 1 atom stereocenters. The molecule has 0 aliphatic carbocycles. The Bertz CT molecular complexity index is 398. The highest BCUT2D eigenvalue weighted by molar-refractivity contribution is 9.10. The fraction of sp³-hybridized carbons (Fsp3) is 0.417. The molecule has 0 radical (unpaired) electrons. The standard InChI is InChI=1S/C12H15BrFNO2/c1-2-3-11(12(16)17)15-7-8-4-5-9(13)6-10(8)14/h4-6,11,15H,2-3,7H2,1H3,(H,16,17). The molecule has 0 fully saturated rings. The zero-order valence-electron chi connectivity index (χ0n) is 9.54. The van der Waals surface area contributed by atoms with E-state index in [1.54, 1.807) is 12.1 Å². The minimum atomic E-state index is -0.899. The molecule has 0 spiro atoms. The Hall–Kier alpha value is -0.940. The fourth-order valence-electron chi connectivity index (χ4n) is 1.50. The Labute approximate surface area is 108 Å². The van der Waals surface area contributed by atoms with Gasteiger partial charge in [-0.2, -0.15) is 0 Å². The van der Waals surface area contributed by atoms with E-state index >= 15 is 0 Å². The van der Waals surface area contributed by atoms with E-state index in [9.17, 15) is 9.18 Å². The highest BCUT2D eigenvalue weighted by Gasteiger charge is 2.15. The second kappa shape index (κ2) is 6.71. The van der Waals surface area contributed by atoms with E-state index < -0.39 is 12.0 Å². The second-order valence-electron chi connectivity index (χ2n) is 3.80. The highest BCUT2D eigenvalue weighted by Crippen LogP contribution is 2.15. The highest BCUT2D eigenvalue weighted by atomic mass is 79.9. The number of nitrogens with one attached hydrogen (secondary N) is 1. The van der Waals surface area contributed by atoms with E-state index in [2.05, 4.69) is 21.2 Å². The number of hydrogen-bond acceptors (Lipinski definition) is 2. The number of hydrogen-bond donors (Lipinski definition) is 2. The van der Waals surface area contributed by atoms with Crippen LogP contribution in [0.2, 0.25) is 0 Å². The van der Waals surface area contributed by atoms with Gasteiger partial charge >= 0.3 is 5.97 Å². The summed E-state index contributed by atoms with van der Waals surface area (Å²) in [6.07, 6.45) is 1.31. The molecule has 1 rings (SSSR count). The number of carboxylic acids is 1. The smallest absolute Gasteiger partial charge is 0.320 e. The fourth-order valence-corrected chi connectivity index (χ4v) is 1.83. The Morgan fingerprint density at radius 1 is 1.59 bits per heavy atom. The third-order valence-electron chi connectivity index (χ3n) is 2.43. The minimum Gasteiger partial charge on any atom is -0.480 e. The monoisotopic (exact) mass is 303 g/mol. The molecule has 94 valence electrons. The van der Waals surface area contributed by atoms with Crippen LogP contribution in [0.5, 0.6) is 0 Å². The predicted molar refractivity (Wildman–Crippen MR) is 67.3 cm³/mol. The number of halogens is 2. The van der Waals surface area contributed by atoms with Gasteiger partial charge in [-0.05, 0) is 18.6 Å². The van der Waals surface area contributed by atoms with E-state index in [1.807, 2.05) is 6.92 Å². The van der Waals surface area contributed by atoms with Crippen LogP contribution in [0.4, 0.5) is 4.39 Å². The zero-order valence-corrected chi connectivity index (χ0v) is 11.1. The maximum atomic E-state index is 13.5. The van der Waals surface area contributed by atoms with Crippen molar-refractivity contribution in [1.82, 2.24) is 5.32 Å². The molecule has 0 aliphatic heterocycles. The number of benzene rings is 1.